The van der Waals surface area contributed by atoms with E-state index in [2.05, 4.69) is 45.2 Å². The zero-order chi connectivity index (χ0) is 12.4. The van der Waals surface area contributed by atoms with E-state index in [1.165, 1.54) is 10.8 Å². The number of hydrogen-bond donors (Lipinski definition) is 0. The first-order valence-electron chi connectivity index (χ1n) is 5.59. The SMILES string of the molecule is Brc1ccc(C=Nc2ccc3ccccc3c2)o1. The Morgan fingerprint density at radius 2 is 1.78 bits per heavy atom. The third-order valence-electron chi connectivity index (χ3n) is 2.67. The van der Waals surface area contributed by atoms with Crippen molar-refractivity contribution in [3.63, 3.8) is 0 Å². The number of rotatable bonds is 2. The second kappa shape index (κ2) is 4.78. The van der Waals surface area contributed by atoms with Gasteiger partial charge in [-0.2, -0.15) is 0 Å². The van der Waals surface area contributed by atoms with Gasteiger partial charge in [0, 0.05) is 0 Å². The van der Waals surface area contributed by atoms with Crippen molar-refractivity contribution < 1.29 is 4.42 Å². The zero-order valence-corrected chi connectivity index (χ0v) is 11.1. The molecule has 0 fully saturated rings. The molecule has 0 saturated heterocycles. The van der Waals surface area contributed by atoms with Gasteiger partial charge in [-0.15, -0.1) is 0 Å². The van der Waals surface area contributed by atoms with E-state index in [1.54, 1.807) is 6.21 Å². The minimum absolute atomic E-state index is 0.711. The predicted octanol–water partition coefficient (Wildman–Crippen LogP) is 4.95. The lowest BCUT2D eigenvalue weighted by atomic mass is 10.1. The molecule has 1 heterocycles. The molecule has 1 aromatic heterocycles. The Kier molecular flexibility index (Phi) is 2.99. The van der Waals surface area contributed by atoms with Gasteiger partial charge in [-0.1, -0.05) is 30.3 Å². The summed E-state index contributed by atoms with van der Waals surface area (Å²) in [5.41, 5.74) is 0.918. The molecule has 0 atom stereocenters. The van der Waals surface area contributed by atoms with Crippen LogP contribution in [-0.2, 0) is 0 Å². The Bertz CT molecular complexity index is 715. The lowest BCUT2D eigenvalue weighted by molar-refractivity contribution is 0.535. The van der Waals surface area contributed by atoms with Crippen molar-refractivity contribution in [2.75, 3.05) is 0 Å². The van der Waals surface area contributed by atoms with Crippen molar-refractivity contribution in [1.82, 2.24) is 0 Å². The van der Waals surface area contributed by atoms with Gasteiger partial charge in [0.1, 0.15) is 5.76 Å². The number of fused-ring (bicyclic) bond motifs is 1. The highest BCUT2D eigenvalue weighted by Gasteiger charge is 1.96. The van der Waals surface area contributed by atoms with Crippen LogP contribution in [0.25, 0.3) is 10.8 Å². The molecule has 0 spiro atoms. The first-order valence-corrected chi connectivity index (χ1v) is 6.39. The molecule has 3 heteroatoms. The number of nitrogens with zero attached hydrogens (tertiary/aromatic N) is 1. The number of halogens is 1. The van der Waals surface area contributed by atoms with Gasteiger partial charge in [-0.25, -0.2) is 0 Å². The summed E-state index contributed by atoms with van der Waals surface area (Å²) in [5.74, 6) is 0.732. The molecule has 0 amide bonds. The molecule has 0 saturated carbocycles. The molecule has 0 aliphatic heterocycles. The number of aliphatic imine (C=N–C) groups is 1. The molecule has 3 rings (SSSR count). The number of furan rings is 1. The van der Waals surface area contributed by atoms with Crippen LogP contribution < -0.4 is 0 Å². The molecule has 2 aromatic carbocycles. The van der Waals surface area contributed by atoms with Gasteiger partial charge in [-0.3, -0.25) is 4.99 Å². The molecule has 0 aliphatic rings. The molecule has 0 bridgehead atoms. The summed E-state index contributed by atoms with van der Waals surface area (Å²) in [7, 11) is 0. The summed E-state index contributed by atoms with van der Waals surface area (Å²) in [6.45, 7) is 0. The van der Waals surface area contributed by atoms with Gasteiger partial charge in [-0.05, 0) is 51.0 Å². The largest absolute Gasteiger partial charge is 0.448 e. The van der Waals surface area contributed by atoms with Crippen LogP contribution in [0.4, 0.5) is 5.69 Å². The third-order valence-corrected chi connectivity index (χ3v) is 3.09. The smallest absolute Gasteiger partial charge is 0.169 e. The standard InChI is InChI=1S/C15H10BrNO/c16-15-8-7-14(18-15)10-17-13-6-5-11-3-1-2-4-12(11)9-13/h1-10H. The summed E-state index contributed by atoms with van der Waals surface area (Å²) >= 11 is 3.26. The van der Waals surface area contributed by atoms with E-state index in [0.717, 1.165) is 11.4 Å². The molecule has 0 radical (unpaired) electrons. The van der Waals surface area contributed by atoms with E-state index in [-0.39, 0.29) is 0 Å². The molecular weight excluding hydrogens is 290 g/mol. The Balaban J connectivity index is 1.93. The zero-order valence-electron chi connectivity index (χ0n) is 9.51. The summed E-state index contributed by atoms with van der Waals surface area (Å²) in [6, 6.07) is 18.1. The van der Waals surface area contributed by atoms with E-state index in [9.17, 15) is 0 Å². The Morgan fingerprint density at radius 1 is 0.944 bits per heavy atom. The van der Waals surface area contributed by atoms with Crippen molar-refractivity contribution in [3.8, 4) is 0 Å². The topological polar surface area (TPSA) is 25.5 Å². The van der Waals surface area contributed by atoms with Crippen LogP contribution in [-0.4, -0.2) is 6.21 Å². The third kappa shape index (κ3) is 2.36. The van der Waals surface area contributed by atoms with Crippen molar-refractivity contribution in [1.29, 1.82) is 0 Å². The minimum atomic E-state index is 0.711. The van der Waals surface area contributed by atoms with Gasteiger partial charge in [0.2, 0.25) is 0 Å². The van der Waals surface area contributed by atoms with Crippen molar-refractivity contribution >= 4 is 38.6 Å². The Labute approximate surface area is 113 Å². The molecule has 0 unspecified atom stereocenters. The van der Waals surface area contributed by atoms with Crippen LogP contribution >= 0.6 is 15.9 Å². The van der Waals surface area contributed by atoms with Gasteiger partial charge < -0.3 is 4.42 Å². The van der Waals surface area contributed by atoms with Crippen LogP contribution in [0.5, 0.6) is 0 Å². The van der Waals surface area contributed by atoms with E-state index in [4.69, 9.17) is 4.42 Å². The predicted molar refractivity (Wildman–Crippen MR) is 77.6 cm³/mol. The molecule has 88 valence electrons. The molecule has 0 aliphatic carbocycles. The summed E-state index contributed by atoms with van der Waals surface area (Å²) in [6.07, 6.45) is 1.72. The lowest BCUT2D eigenvalue weighted by Gasteiger charge is -1.98. The van der Waals surface area contributed by atoms with Crippen LogP contribution in [0.1, 0.15) is 5.76 Å². The molecule has 3 aromatic rings. The van der Waals surface area contributed by atoms with E-state index < -0.39 is 0 Å². The highest BCUT2D eigenvalue weighted by atomic mass is 79.9. The maximum absolute atomic E-state index is 5.36. The van der Waals surface area contributed by atoms with Crippen molar-refractivity contribution in [2.45, 2.75) is 0 Å². The fourth-order valence-electron chi connectivity index (χ4n) is 1.79. The maximum Gasteiger partial charge on any atom is 0.169 e. The maximum atomic E-state index is 5.36. The number of benzene rings is 2. The Morgan fingerprint density at radius 3 is 2.56 bits per heavy atom. The summed E-state index contributed by atoms with van der Waals surface area (Å²) < 4.78 is 6.07. The van der Waals surface area contributed by atoms with E-state index >= 15 is 0 Å². The van der Waals surface area contributed by atoms with Gasteiger partial charge in [0.05, 0.1) is 11.9 Å². The molecular formula is C15H10BrNO. The van der Waals surface area contributed by atoms with Gasteiger partial charge in [0.15, 0.2) is 4.67 Å². The highest BCUT2D eigenvalue weighted by molar-refractivity contribution is 9.10. The quantitative estimate of drug-likeness (QED) is 0.615. The lowest BCUT2D eigenvalue weighted by Crippen LogP contribution is -1.75. The van der Waals surface area contributed by atoms with Crippen molar-refractivity contribution in [3.05, 3.63) is 65.0 Å². The minimum Gasteiger partial charge on any atom is -0.448 e. The van der Waals surface area contributed by atoms with Gasteiger partial charge in [0.25, 0.3) is 0 Å². The first-order chi connectivity index (χ1) is 8.81. The van der Waals surface area contributed by atoms with Crippen LogP contribution in [0.15, 0.2) is 68.7 Å². The fraction of sp³-hybridized carbons (Fsp3) is 0. The molecule has 0 N–H and O–H groups in total. The van der Waals surface area contributed by atoms with Crippen LogP contribution in [0.2, 0.25) is 0 Å². The Hall–Kier alpha value is -1.87. The second-order valence-electron chi connectivity index (χ2n) is 3.93. The summed E-state index contributed by atoms with van der Waals surface area (Å²) in [5, 5.41) is 2.41. The fourth-order valence-corrected chi connectivity index (χ4v) is 2.11. The molecule has 2 nitrogen and oxygen atoms in total. The van der Waals surface area contributed by atoms with Crippen LogP contribution in [0, 0.1) is 0 Å². The summed E-state index contributed by atoms with van der Waals surface area (Å²) in [4.78, 5) is 4.40. The second-order valence-corrected chi connectivity index (χ2v) is 4.71. The van der Waals surface area contributed by atoms with E-state index in [0.29, 0.717) is 4.67 Å². The monoisotopic (exact) mass is 299 g/mol. The highest BCUT2D eigenvalue weighted by Crippen LogP contribution is 2.21. The molecule has 18 heavy (non-hydrogen) atoms. The average Bonchev–Trinajstić information content (AvgIpc) is 2.82. The van der Waals surface area contributed by atoms with Crippen LogP contribution in [0.3, 0.4) is 0 Å². The normalized spacial score (nSPS) is 11.4. The van der Waals surface area contributed by atoms with Gasteiger partial charge >= 0.3 is 0 Å². The number of hydrogen-bond acceptors (Lipinski definition) is 2. The first kappa shape index (κ1) is 11.2. The van der Waals surface area contributed by atoms with Crippen molar-refractivity contribution in [2.24, 2.45) is 4.99 Å². The van der Waals surface area contributed by atoms with E-state index in [1.807, 2.05) is 30.3 Å². The average molecular weight is 300 g/mol.